The number of nitrogens with two attached hydrogens (primary N) is 1. The SMILES string of the molecule is NS(=O)(=O)c1ccc(CCNC(=O)[C@@H](c2ccccc2)n2cccc2)cc1. The van der Waals surface area contributed by atoms with Crippen LogP contribution in [0, 0.1) is 0 Å². The molecule has 0 fully saturated rings. The molecule has 3 aromatic rings. The van der Waals surface area contributed by atoms with Crippen LogP contribution in [0.2, 0.25) is 0 Å². The highest BCUT2D eigenvalue weighted by Gasteiger charge is 2.21. The number of rotatable bonds is 7. The molecule has 0 aliphatic rings. The van der Waals surface area contributed by atoms with Crippen molar-refractivity contribution in [3.05, 3.63) is 90.3 Å². The summed E-state index contributed by atoms with van der Waals surface area (Å²) >= 11 is 0. The third kappa shape index (κ3) is 4.84. The Hall–Kier alpha value is -2.90. The minimum Gasteiger partial charge on any atom is -0.354 e. The van der Waals surface area contributed by atoms with Crippen LogP contribution in [0.3, 0.4) is 0 Å². The summed E-state index contributed by atoms with van der Waals surface area (Å²) in [6.07, 6.45) is 4.32. The van der Waals surface area contributed by atoms with Crippen LogP contribution in [0.15, 0.2) is 84.0 Å². The van der Waals surface area contributed by atoms with E-state index in [-0.39, 0.29) is 10.8 Å². The quantitative estimate of drug-likeness (QED) is 0.654. The summed E-state index contributed by atoms with van der Waals surface area (Å²) < 4.78 is 24.4. The second-order valence-corrected chi connectivity index (χ2v) is 7.73. The molecule has 1 aromatic heterocycles. The van der Waals surface area contributed by atoms with Crippen molar-refractivity contribution in [2.75, 3.05) is 6.54 Å². The lowest BCUT2D eigenvalue weighted by molar-refractivity contribution is -0.123. The second kappa shape index (κ2) is 8.20. The van der Waals surface area contributed by atoms with E-state index in [0.717, 1.165) is 11.1 Å². The van der Waals surface area contributed by atoms with Crippen molar-refractivity contribution in [3.8, 4) is 0 Å². The Balaban J connectivity index is 1.65. The minimum atomic E-state index is -3.69. The summed E-state index contributed by atoms with van der Waals surface area (Å²) in [4.78, 5) is 12.9. The number of hydrogen-bond acceptors (Lipinski definition) is 3. The van der Waals surface area contributed by atoms with Crippen LogP contribution in [0.1, 0.15) is 17.2 Å². The number of carbonyl (C=O) groups is 1. The Labute approximate surface area is 158 Å². The molecule has 1 heterocycles. The van der Waals surface area contributed by atoms with Gasteiger partial charge in [-0.25, -0.2) is 13.6 Å². The van der Waals surface area contributed by atoms with Crippen LogP contribution < -0.4 is 10.5 Å². The molecule has 0 unspecified atom stereocenters. The van der Waals surface area contributed by atoms with Crippen molar-refractivity contribution in [1.82, 2.24) is 9.88 Å². The molecule has 0 spiro atoms. The van der Waals surface area contributed by atoms with Gasteiger partial charge in [0.05, 0.1) is 4.90 Å². The van der Waals surface area contributed by atoms with Gasteiger partial charge < -0.3 is 9.88 Å². The number of sulfonamides is 1. The maximum atomic E-state index is 12.8. The van der Waals surface area contributed by atoms with Crippen molar-refractivity contribution in [1.29, 1.82) is 0 Å². The first-order valence-corrected chi connectivity index (χ1v) is 10.1. The molecule has 0 radical (unpaired) electrons. The average Bonchev–Trinajstić information content (AvgIpc) is 3.17. The Morgan fingerprint density at radius 2 is 1.59 bits per heavy atom. The van der Waals surface area contributed by atoms with Gasteiger partial charge in [-0.1, -0.05) is 42.5 Å². The fourth-order valence-corrected chi connectivity index (χ4v) is 3.40. The maximum absolute atomic E-state index is 12.8. The van der Waals surface area contributed by atoms with Gasteiger partial charge in [0.2, 0.25) is 15.9 Å². The zero-order valence-corrected chi connectivity index (χ0v) is 15.5. The molecule has 0 saturated heterocycles. The first kappa shape index (κ1) is 18.9. The van der Waals surface area contributed by atoms with E-state index in [9.17, 15) is 13.2 Å². The van der Waals surface area contributed by atoms with E-state index in [2.05, 4.69) is 5.32 Å². The maximum Gasteiger partial charge on any atom is 0.247 e. The number of nitrogens with one attached hydrogen (secondary N) is 1. The van der Waals surface area contributed by atoms with Gasteiger partial charge in [-0.05, 0) is 41.8 Å². The predicted octanol–water partition coefficient (Wildman–Crippen LogP) is 2.08. The summed E-state index contributed by atoms with van der Waals surface area (Å²) in [5, 5.41) is 8.05. The smallest absolute Gasteiger partial charge is 0.247 e. The minimum absolute atomic E-state index is 0.0760. The van der Waals surface area contributed by atoms with E-state index in [1.54, 1.807) is 12.1 Å². The molecule has 3 N–H and O–H groups in total. The Kier molecular flexibility index (Phi) is 5.73. The lowest BCUT2D eigenvalue weighted by Crippen LogP contribution is -2.34. The highest BCUT2D eigenvalue weighted by atomic mass is 32.2. The molecule has 27 heavy (non-hydrogen) atoms. The van der Waals surface area contributed by atoms with Crippen molar-refractivity contribution in [3.63, 3.8) is 0 Å². The average molecular weight is 383 g/mol. The van der Waals surface area contributed by atoms with Crippen LogP contribution >= 0.6 is 0 Å². The highest BCUT2D eigenvalue weighted by molar-refractivity contribution is 7.89. The van der Waals surface area contributed by atoms with E-state index in [1.807, 2.05) is 59.4 Å². The van der Waals surface area contributed by atoms with Crippen molar-refractivity contribution in [2.45, 2.75) is 17.4 Å². The molecule has 0 aliphatic heterocycles. The normalized spacial score (nSPS) is 12.5. The molecule has 1 atom stereocenters. The molecular formula is C20H21N3O3S. The van der Waals surface area contributed by atoms with Gasteiger partial charge in [-0.3, -0.25) is 4.79 Å². The first-order valence-electron chi connectivity index (χ1n) is 8.52. The van der Waals surface area contributed by atoms with Gasteiger partial charge in [0.15, 0.2) is 0 Å². The predicted molar refractivity (Wildman–Crippen MR) is 104 cm³/mol. The lowest BCUT2D eigenvalue weighted by atomic mass is 10.1. The number of benzene rings is 2. The van der Waals surface area contributed by atoms with Gasteiger partial charge in [0, 0.05) is 18.9 Å². The molecule has 6 nitrogen and oxygen atoms in total. The van der Waals surface area contributed by atoms with E-state index in [0.29, 0.717) is 13.0 Å². The van der Waals surface area contributed by atoms with Crippen LogP contribution in [-0.2, 0) is 21.2 Å². The molecule has 140 valence electrons. The van der Waals surface area contributed by atoms with Crippen molar-refractivity contribution in [2.24, 2.45) is 5.14 Å². The Morgan fingerprint density at radius 3 is 2.19 bits per heavy atom. The van der Waals surface area contributed by atoms with Crippen molar-refractivity contribution < 1.29 is 13.2 Å². The molecule has 0 aliphatic carbocycles. The van der Waals surface area contributed by atoms with Crippen molar-refractivity contribution >= 4 is 15.9 Å². The van der Waals surface area contributed by atoms with Crippen LogP contribution in [0.25, 0.3) is 0 Å². The zero-order valence-electron chi connectivity index (χ0n) is 14.7. The highest BCUT2D eigenvalue weighted by Crippen LogP contribution is 2.18. The van der Waals surface area contributed by atoms with E-state index in [1.165, 1.54) is 12.1 Å². The van der Waals surface area contributed by atoms with E-state index >= 15 is 0 Å². The molecular weight excluding hydrogens is 362 g/mol. The summed E-state index contributed by atoms with van der Waals surface area (Å²) in [5.41, 5.74) is 1.82. The van der Waals surface area contributed by atoms with Gasteiger partial charge >= 0.3 is 0 Å². The summed E-state index contributed by atoms with van der Waals surface area (Å²) in [6, 6.07) is 19.3. The molecule has 2 aromatic carbocycles. The Bertz CT molecular complexity index is 983. The van der Waals surface area contributed by atoms with E-state index < -0.39 is 16.1 Å². The van der Waals surface area contributed by atoms with Gasteiger partial charge in [-0.15, -0.1) is 0 Å². The first-order chi connectivity index (χ1) is 12.9. The summed E-state index contributed by atoms with van der Waals surface area (Å²) in [5.74, 6) is -0.0986. The molecule has 0 bridgehead atoms. The third-order valence-electron chi connectivity index (χ3n) is 4.25. The molecule has 1 amide bonds. The molecule has 7 heteroatoms. The fraction of sp³-hybridized carbons (Fsp3) is 0.150. The number of amides is 1. The standard InChI is InChI=1S/C20H21N3O3S/c21-27(25,26)18-10-8-16(9-11-18)12-13-22-20(24)19(23-14-4-5-15-23)17-6-2-1-3-7-17/h1-11,14-15,19H,12-13H2,(H,22,24)(H2,21,25,26)/t19-/m1/s1. The second-order valence-electron chi connectivity index (χ2n) is 6.17. The number of hydrogen-bond donors (Lipinski definition) is 2. The lowest BCUT2D eigenvalue weighted by Gasteiger charge is -2.19. The number of carbonyl (C=O) groups excluding carboxylic acids is 1. The van der Waals surface area contributed by atoms with E-state index in [4.69, 9.17) is 5.14 Å². The van der Waals surface area contributed by atoms with Crippen LogP contribution in [0.4, 0.5) is 0 Å². The number of primary sulfonamides is 1. The van der Waals surface area contributed by atoms with Gasteiger partial charge in [-0.2, -0.15) is 0 Å². The largest absolute Gasteiger partial charge is 0.354 e. The number of nitrogens with zero attached hydrogens (tertiary/aromatic N) is 1. The van der Waals surface area contributed by atoms with Gasteiger partial charge in [0.1, 0.15) is 6.04 Å². The molecule has 3 rings (SSSR count). The van der Waals surface area contributed by atoms with Crippen LogP contribution in [0.5, 0.6) is 0 Å². The van der Waals surface area contributed by atoms with Crippen LogP contribution in [-0.4, -0.2) is 25.4 Å². The summed E-state index contributed by atoms with van der Waals surface area (Å²) in [7, 11) is -3.69. The summed E-state index contributed by atoms with van der Waals surface area (Å²) in [6.45, 7) is 0.443. The third-order valence-corrected chi connectivity index (χ3v) is 5.18. The Morgan fingerprint density at radius 1 is 0.963 bits per heavy atom. The number of aromatic nitrogens is 1. The topological polar surface area (TPSA) is 94.2 Å². The monoisotopic (exact) mass is 383 g/mol. The zero-order chi connectivity index (χ0) is 19.3. The molecule has 0 saturated carbocycles. The fourth-order valence-electron chi connectivity index (χ4n) is 2.89. The van der Waals surface area contributed by atoms with Gasteiger partial charge in [0.25, 0.3) is 0 Å².